The zero-order valence-corrected chi connectivity index (χ0v) is 13.5. The monoisotopic (exact) mass is 354 g/mol. The van der Waals surface area contributed by atoms with Gasteiger partial charge in [0.1, 0.15) is 36.6 Å². The van der Waals surface area contributed by atoms with Crippen molar-refractivity contribution in [1.82, 2.24) is 0 Å². The first-order chi connectivity index (χ1) is 11.3. The summed E-state index contributed by atoms with van der Waals surface area (Å²) in [6.07, 6.45) is -12.3. The zero-order valence-electron chi connectivity index (χ0n) is 13.5. The molecule has 0 aromatic heterocycles. The minimum absolute atomic E-state index is 0.195. The smallest absolute Gasteiger partial charge is 0.186 e. The SMILES string of the molecule is CO[C@@H]1OC(CO)[C@H](O)C(O)C1O[C@@H]1OC(C)C(O)C(O)CC1O. The molecule has 2 rings (SSSR count). The van der Waals surface area contributed by atoms with Crippen LogP contribution in [0.15, 0.2) is 0 Å². The first kappa shape index (κ1) is 19.9. The number of hydrogen-bond acceptors (Lipinski definition) is 10. The van der Waals surface area contributed by atoms with Gasteiger partial charge < -0.3 is 49.6 Å². The number of methoxy groups -OCH3 is 1. The highest BCUT2D eigenvalue weighted by molar-refractivity contribution is 4.91. The van der Waals surface area contributed by atoms with Crippen LogP contribution in [-0.2, 0) is 18.9 Å². The fourth-order valence-electron chi connectivity index (χ4n) is 2.86. The van der Waals surface area contributed by atoms with Crippen molar-refractivity contribution in [3.63, 3.8) is 0 Å². The van der Waals surface area contributed by atoms with Crippen LogP contribution in [0.4, 0.5) is 0 Å². The third kappa shape index (κ3) is 4.05. The second-order valence-corrected chi connectivity index (χ2v) is 6.11. The molecule has 0 aliphatic carbocycles. The molecule has 2 heterocycles. The lowest BCUT2D eigenvalue weighted by Gasteiger charge is -2.42. The van der Waals surface area contributed by atoms with E-state index < -0.39 is 68.0 Å². The van der Waals surface area contributed by atoms with Gasteiger partial charge in [-0.25, -0.2) is 0 Å². The topological polar surface area (TPSA) is 158 Å². The predicted molar refractivity (Wildman–Crippen MR) is 76.6 cm³/mol. The van der Waals surface area contributed by atoms with Crippen molar-refractivity contribution in [2.24, 2.45) is 0 Å². The summed E-state index contributed by atoms with van der Waals surface area (Å²) in [5.74, 6) is 0. The van der Waals surface area contributed by atoms with Crippen molar-refractivity contribution >= 4 is 0 Å². The number of rotatable bonds is 4. The summed E-state index contributed by atoms with van der Waals surface area (Å²) in [7, 11) is 1.29. The Bertz CT molecular complexity index is 394. The van der Waals surface area contributed by atoms with E-state index in [1.54, 1.807) is 0 Å². The Morgan fingerprint density at radius 2 is 1.58 bits per heavy atom. The number of aliphatic hydroxyl groups excluding tert-OH is 6. The molecule has 0 aromatic rings. The third-order valence-corrected chi connectivity index (χ3v) is 4.37. The largest absolute Gasteiger partial charge is 0.394 e. The second-order valence-electron chi connectivity index (χ2n) is 6.11. The molecule has 0 saturated carbocycles. The fourth-order valence-corrected chi connectivity index (χ4v) is 2.86. The van der Waals surface area contributed by atoms with Gasteiger partial charge in [0.2, 0.25) is 0 Å². The van der Waals surface area contributed by atoms with E-state index in [1.165, 1.54) is 14.0 Å². The zero-order chi connectivity index (χ0) is 18.0. The Kier molecular flexibility index (Phi) is 6.90. The Hall–Kier alpha value is -0.400. The van der Waals surface area contributed by atoms with E-state index in [4.69, 9.17) is 24.1 Å². The first-order valence-corrected chi connectivity index (χ1v) is 7.80. The molecular formula is C14H26O10. The summed E-state index contributed by atoms with van der Waals surface area (Å²) < 4.78 is 21.3. The maximum Gasteiger partial charge on any atom is 0.186 e. The maximum absolute atomic E-state index is 10.2. The van der Waals surface area contributed by atoms with E-state index in [-0.39, 0.29) is 6.42 Å². The van der Waals surface area contributed by atoms with Crippen LogP contribution in [0.25, 0.3) is 0 Å². The van der Waals surface area contributed by atoms with Crippen LogP contribution in [-0.4, -0.2) is 106 Å². The van der Waals surface area contributed by atoms with Gasteiger partial charge in [-0.1, -0.05) is 0 Å². The second kappa shape index (κ2) is 8.32. The Labute approximate surface area is 139 Å². The van der Waals surface area contributed by atoms with Crippen molar-refractivity contribution in [2.45, 2.75) is 74.8 Å². The van der Waals surface area contributed by atoms with E-state index >= 15 is 0 Å². The Balaban J connectivity index is 2.12. The van der Waals surface area contributed by atoms with Gasteiger partial charge in [-0.2, -0.15) is 0 Å². The molecule has 2 aliphatic heterocycles. The van der Waals surface area contributed by atoms with Crippen LogP contribution >= 0.6 is 0 Å². The van der Waals surface area contributed by atoms with Gasteiger partial charge in [-0.3, -0.25) is 0 Å². The summed E-state index contributed by atoms with van der Waals surface area (Å²) in [5, 5.41) is 59.0. The lowest BCUT2D eigenvalue weighted by atomic mass is 9.99. The molecule has 142 valence electrons. The lowest BCUT2D eigenvalue weighted by molar-refractivity contribution is -0.341. The van der Waals surface area contributed by atoms with Gasteiger partial charge in [-0.15, -0.1) is 0 Å². The van der Waals surface area contributed by atoms with Gasteiger partial charge in [0.05, 0.1) is 18.8 Å². The van der Waals surface area contributed by atoms with Gasteiger partial charge in [-0.05, 0) is 6.92 Å². The van der Waals surface area contributed by atoms with Crippen LogP contribution in [0.5, 0.6) is 0 Å². The van der Waals surface area contributed by atoms with Gasteiger partial charge in [0.15, 0.2) is 12.6 Å². The third-order valence-electron chi connectivity index (χ3n) is 4.37. The average molecular weight is 354 g/mol. The van der Waals surface area contributed by atoms with Crippen LogP contribution in [0.2, 0.25) is 0 Å². The molecule has 2 saturated heterocycles. The van der Waals surface area contributed by atoms with Crippen molar-refractivity contribution in [1.29, 1.82) is 0 Å². The normalized spacial score (nSPS) is 50.5. The molecule has 0 aromatic carbocycles. The maximum atomic E-state index is 10.2. The fraction of sp³-hybridized carbons (Fsp3) is 1.00. The molecule has 10 nitrogen and oxygen atoms in total. The Morgan fingerprint density at radius 3 is 2.17 bits per heavy atom. The molecule has 6 N–H and O–H groups in total. The molecular weight excluding hydrogens is 328 g/mol. The predicted octanol–water partition coefficient (Wildman–Crippen LogP) is -3.33. The van der Waals surface area contributed by atoms with Crippen molar-refractivity contribution in [3.05, 3.63) is 0 Å². The minimum atomic E-state index is -1.47. The number of aliphatic hydroxyl groups is 6. The summed E-state index contributed by atoms with van der Waals surface area (Å²) in [6, 6.07) is 0. The molecule has 0 bridgehead atoms. The van der Waals surface area contributed by atoms with E-state index in [0.717, 1.165) is 0 Å². The van der Waals surface area contributed by atoms with Gasteiger partial charge >= 0.3 is 0 Å². The molecule has 2 aliphatic rings. The summed E-state index contributed by atoms with van der Waals surface area (Å²) in [5.41, 5.74) is 0. The first-order valence-electron chi connectivity index (χ1n) is 7.80. The van der Waals surface area contributed by atoms with E-state index in [2.05, 4.69) is 0 Å². The minimum Gasteiger partial charge on any atom is -0.394 e. The molecule has 2 fully saturated rings. The molecule has 24 heavy (non-hydrogen) atoms. The van der Waals surface area contributed by atoms with Crippen molar-refractivity contribution in [2.75, 3.05) is 13.7 Å². The number of ether oxygens (including phenoxy) is 4. The summed E-state index contributed by atoms with van der Waals surface area (Å²) in [6.45, 7) is 0.976. The van der Waals surface area contributed by atoms with Gasteiger partial charge in [0, 0.05) is 13.5 Å². The van der Waals surface area contributed by atoms with Crippen LogP contribution in [0.3, 0.4) is 0 Å². The molecule has 10 atom stereocenters. The van der Waals surface area contributed by atoms with Gasteiger partial charge in [0.25, 0.3) is 0 Å². The molecule has 0 amide bonds. The van der Waals surface area contributed by atoms with Crippen molar-refractivity contribution in [3.8, 4) is 0 Å². The quantitative estimate of drug-likeness (QED) is 0.302. The number of hydrogen-bond donors (Lipinski definition) is 6. The Morgan fingerprint density at radius 1 is 0.917 bits per heavy atom. The highest BCUT2D eigenvalue weighted by atomic mass is 16.7. The molecule has 7 unspecified atom stereocenters. The summed E-state index contributed by atoms with van der Waals surface area (Å²) in [4.78, 5) is 0. The molecule has 0 spiro atoms. The summed E-state index contributed by atoms with van der Waals surface area (Å²) >= 11 is 0. The van der Waals surface area contributed by atoms with E-state index in [0.29, 0.717) is 0 Å². The van der Waals surface area contributed by atoms with E-state index in [9.17, 15) is 25.5 Å². The van der Waals surface area contributed by atoms with Crippen LogP contribution in [0, 0.1) is 0 Å². The molecule has 10 heteroatoms. The molecule has 0 radical (unpaired) electrons. The van der Waals surface area contributed by atoms with E-state index in [1.807, 2.05) is 0 Å². The van der Waals surface area contributed by atoms with Crippen LogP contribution < -0.4 is 0 Å². The van der Waals surface area contributed by atoms with Crippen molar-refractivity contribution < 1.29 is 49.6 Å². The highest BCUT2D eigenvalue weighted by Gasteiger charge is 2.48. The highest BCUT2D eigenvalue weighted by Crippen LogP contribution is 2.28. The average Bonchev–Trinajstić information content (AvgIpc) is 2.64. The lowest BCUT2D eigenvalue weighted by Crippen LogP contribution is -2.61. The van der Waals surface area contributed by atoms with Crippen LogP contribution in [0.1, 0.15) is 13.3 Å². The standard InChI is InChI=1S/C14H26O10/c1-5-9(18)6(16)3-7(17)13(22-5)24-12-11(20)10(19)8(4-15)23-14(12)21-2/h5-20H,3-4H2,1-2H3/t5?,6?,7?,8?,9?,10-,11?,12?,13-,14+/m0/s1.